The maximum absolute atomic E-state index is 14.7. The number of carbonyl (C=O) groups excluding carboxylic acids is 2. The van der Waals surface area contributed by atoms with Gasteiger partial charge in [-0.15, -0.1) is 0 Å². The Morgan fingerprint density at radius 2 is 1.90 bits per heavy atom. The zero-order chi connectivity index (χ0) is 21.4. The van der Waals surface area contributed by atoms with E-state index in [1.807, 2.05) is 6.07 Å². The van der Waals surface area contributed by atoms with E-state index in [-0.39, 0.29) is 12.4 Å². The molecule has 0 bridgehead atoms. The number of halogens is 1. The van der Waals surface area contributed by atoms with Gasteiger partial charge in [0.2, 0.25) is 0 Å². The summed E-state index contributed by atoms with van der Waals surface area (Å²) >= 11 is 0. The summed E-state index contributed by atoms with van der Waals surface area (Å²) in [6.07, 6.45) is 0. The molecule has 0 spiro atoms. The van der Waals surface area contributed by atoms with Crippen LogP contribution in [0.25, 0.3) is 0 Å². The highest BCUT2D eigenvalue weighted by atomic mass is 19.1. The second-order valence-electron chi connectivity index (χ2n) is 8.29. The van der Waals surface area contributed by atoms with Crippen molar-refractivity contribution < 1.29 is 18.7 Å². The van der Waals surface area contributed by atoms with Crippen molar-refractivity contribution in [3.8, 4) is 0 Å². The summed E-state index contributed by atoms with van der Waals surface area (Å²) in [5.74, 6) is -1.10. The summed E-state index contributed by atoms with van der Waals surface area (Å²) < 4.78 is 20.1. The van der Waals surface area contributed by atoms with Crippen molar-refractivity contribution in [2.45, 2.75) is 19.1 Å². The SMILES string of the molecule is O=C1NC(=O)c2c(NCc3ccc(CN4CC(N5CCOCC5)C4)cc3F)cccc21. The minimum absolute atomic E-state index is 0.229. The lowest BCUT2D eigenvalue weighted by Gasteiger charge is -2.46. The minimum atomic E-state index is -0.427. The van der Waals surface area contributed by atoms with Gasteiger partial charge in [0.1, 0.15) is 5.82 Å². The van der Waals surface area contributed by atoms with Gasteiger partial charge in [0, 0.05) is 56.6 Å². The van der Waals surface area contributed by atoms with Crippen molar-refractivity contribution in [2.75, 3.05) is 44.7 Å². The van der Waals surface area contributed by atoms with Gasteiger partial charge in [-0.05, 0) is 23.8 Å². The average Bonchev–Trinajstić information content (AvgIpc) is 3.04. The minimum Gasteiger partial charge on any atom is -0.380 e. The van der Waals surface area contributed by atoms with E-state index in [0.717, 1.165) is 51.5 Å². The van der Waals surface area contributed by atoms with Crippen molar-refractivity contribution in [3.05, 3.63) is 64.5 Å². The van der Waals surface area contributed by atoms with Crippen LogP contribution in [0.5, 0.6) is 0 Å². The average molecular weight is 424 g/mol. The predicted octanol–water partition coefficient (Wildman–Crippen LogP) is 1.84. The number of benzene rings is 2. The topological polar surface area (TPSA) is 73.9 Å². The Bertz CT molecular complexity index is 1020. The summed E-state index contributed by atoms with van der Waals surface area (Å²) in [5, 5.41) is 5.39. The van der Waals surface area contributed by atoms with Gasteiger partial charge in [0.05, 0.1) is 24.3 Å². The lowest BCUT2D eigenvalue weighted by atomic mass is 10.0. The molecule has 0 aliphatic carbocycles. The van der Waals surface area contributed by atoms with E-state index in [1.54, 1.807) is 30.3 Å². The second kappa shape index (κ2) is 8.37. The number of hydrogen-bond acceptors (Lipinski definition) is 6. The number of anilines is 1. The number of amides is 2. The number of likely N-dealkylation sites (tertiary alicyclic amines) is 1. The highest BCUT2D eigenvalue weighted by Gasteiger charge is 2.32. The summed E-state index contributed by atoms with van der Waals surface area (Å²) in [7, 11) is 0. The predicted molar refractivity (Wildman–Crippen MR) is 113 cm³/mol. The van der Waals surface area contributed by atoms with E-state index >= 15 is 0 Å². The van der Waals surface area contributed by atoms with Crippen LogP contribution < -0.4 is 10.6 Å². The number of imide groups is 1. The largest absolute Gasteiger partial charge is 0.380 e. The lowest BCUT2D eigenvalue weighted by molar-refractivity contribution is -0.0344. The molecule has 0 saturated carbocycles. The molecule has 2 saturated heterocycles. The molecule has 2 N–H and O–H groups in total. The Morgan fingerprint density at radius 3 is 2.68 bits per heavy atom. The normalized spacial score (nSPS) is 19.8. The molecule has 3 heterocycles. The Hall–Kier alpha value is -2.81. The molecule has 3 aliphatic heterocycles. The Morgan fingerprint density at radius 1 is 1.10 bits per heavy atom. The third kappa shape index (κ3) is 4.06. The maximum atomic E-state index is 14.7. The van der Waals surface area contributed by atoms with Crippen LogP contribution in [0.15, 0.2) is 36.4 Å². The van der Waals surface area contributed by atoms with E-state index in [4.69, 9.17) is 4.74 Å². The van der Waals surface area contributed by atoms with Gasteiger partial charge in [-0.1, -0.05) is 18.2 Å². The molecule has 31 heavy (non-hydrogen) atoms. The van der Waals surface area contributed by atoms with Crippen LogP contribution in [0, 0.1) is 5.82 Å². The summed E-state index contributed by atoms with van der Waals surface area (Å²) in [6, 6.07) is 10.9. The van der Waals surface area contributed by atoms with Crippen molar-refractivity contribution in [3.63, 3.8) is 0 Å². The fourth-order valence-electron chi connectivity index (χ4n) is 4.49. The standard InChI is InChI=1S/C23H25FN4O3/c24-19-10-15(12-27-13-17(14-27)28-6-8-31-9-7-28)4-5-16(19)11-25-20-3-1-2-18-21(20)23(30)26-22(18)29/h1-5,10,17,25H,6-9,11-14H2,(H,26,29,30). The lowest BCUT2D eigenvalue weighted by Crippen LogP contribution is -2.60. The van der Waals surface area contributed by atoms with Crippen molar-refractivity contribution in [2.24, 2.45) is 0 Å². The number of rotatable bonds is 6. The first-order valence-corrected chi connectivity index (χ1v) is 10.6. The van der Waals surface area contributed by atoms with Gasteiger partial charge in [-0.25, -0.2) is 4.39 Å². The molecule has 8 heteroatoms. The van der Waals surface area contributed by atoms with Crippen LogP contribution >= 0.6 is 0 Å². The number of nitrogens with zero attached hydrogens (tertiary/aromatic N) is 2. The fourth-order valence-corrected chi connectivity index (χ4v) is 4.49. The van der Waals surface area contributed by atoms with Gasteiger partial charge in [-0.2, -0.15) is 0 Å². The second-order valence-corrected chi connectivity index (χ2v) is 8.29. The molecule has 2 fully saturated rings. The van der Waals surface area contributed by atoms with Gasteiger partial charge in [0.15, 0.2) is 0 Å². The molecule has 3 aliphatic rings. The zero-order valence-corrected chi connectivity index (χ0v) is 17.2. The molecule has 0 atom stereocenters. The molecule has 2 aromatic carbocycles. The Labute approximate surface area is 180 Å². The number of fused-ring (bicyclic) bond motifs is 1. The summed E-state index contributed by atoms with van der Waals surface area (Å²) in [6.45, 7) is 6.58. The first kappa shape index (κ1) is 20.1. The number of morpholine rings is 1. The van der Waals surface area contributed by atoms with Crippen LogP contribution in [-0.4, -0.2) is 67.0 Å². The van der Waals surface area contributed by atoms with Gasteiger partial charge < -0.3 is 10.1 Å². The quantitative estimate of drug-likeness (QED) is 0.690. The Balaban J connectivity index is 1.18. The number of carbonyl (C=O) groups is 2. The summed E-state index contributed by atoms with van der Waals surface area (Å²) in [5.41, 5.74) is 2.65. The number of hydrogen-bond donors (Lipinski definition) is 2. The van der Waals surface area contributed by atoms with E-state index in [1.165, 1.54) is 0 Å². The molecule has 2 amide bonds. The van der Waals surface area contributed by atoms with Crippen LogP contribution in [0.3, 0.4) is 0 Å². The van der Waals surface area contributed by atoms with Crippen LogP contribution in [-0.2, 0) is 17.8 Å². The van der Waals surface area contributed by atoms with E-state index in [0.29, 0.717) is 28.4 Å². The highest BCUT2D eigenvalue weighted by Crippen LogP contribution is 2.25. The Kier molecular flexibility index (Phi) is 5.43. The van der Waals surface area contributed by atoms with E-state index in [9.17, 15) is 14.0 Å². The fraction of sp³-hybridized carbons (Fsp3) is 0.391. The van der Waals surface area contributed by atoms with Crippen molar-refractivity contribution >= 4 is 17.5 Å². The van der Waals surface area contributed by atoms with E-state index < -0.39 is 11.8 Å². The smallest absolute Gasteiger partial charge is 0.261 e. The third-order valence-electron chi connectivity index (χ3n) is 6.26. The first-order chi connectivity index (χ1) is 15.1. The van der Waals surface area contributed by atoms with Gasteiger partial charge in [0.25, 0.3) is 11.8 Å². The first-order valence-electron chi connectivity index (χ1n) is 10.6. The molecule has 162 valence electrons. The number of ether oxygens (including phenoxy) is 1. The highest BCUT2D eigenvalue weighted by molar-refractivity contribution is 6.23. The summed E-state index contributed by atoms with van der Waals surface area (Å²) in [4.78, 5) is 28.6. The maximum Gasteiger partial charge on any atom is 0.261 e. The van der Waals surface area contributed by atoms with Crippen LogP contribution in [0.1, 0.15) is 31.8 Å². The molecule has 7 nitrogen and oxygen atoms in total. The molecule has 0 unspecified atom stereocenters. The van der Waals surface area contributed by atoms with Crippen LogP contribution in [0.4, 0.5) is 10.1 Å². The molecule has 2 aromatic rings. The zero-order valence-electron chi connectivity index (χ0n) is 17.2. The molecular weight excluding hydrogens is 399 g/mol. The molecule has 0 radical (unpaired) electrons. The van der Waals surface area contributed by atoms with Gasteiger partial charge >= 0.3 is 0 Å². The van der Waals surface area contributed by atoms with E-state index in [2.05, 4.69) is 20.4 Å². The van der Waals surface area contributed by atoms with Crippen molar-refractivity contribution in [1.29, 1.82) is 0 Å². The van der Waals surface area contributed by atoms with Gasteiger partial charge in [-0.3, -0.25) is 24.7 Å². The molecular formula is C23H25FN4O3. The number of nitrogens with one attached hydrogen (secondary N) is 2. The monoisotopic (exact) mass is 424 g/mol. The molecule has 5 rings (SSSR count). The van der Waals surface area contributed by atoms with Crippen LogP contribution in [0.2, 0.25) is 0 Å². The third-order valence-corrected chi connectivity index (χ3v) is 6.26. The van der Waals surface area contributed by atoms with Crippen molar-refractivity contribution in [1.82, 2.24) is 15.1 Å². The molecule has 0 aromatic heterocycles.